The Morgan fingerprint density at radius 1 is 1.44 bits per heavy atom. The lowest BCUT2D eigenvalue weighted by Gasteiger charge is -2.06. The zero-order valence-electron chi connectivity index (χ0n) is 10.1. The monoisotopic (exact) mass is 261 g/mol. The summed E-state index contributed by atoms with van der Waals surface area (Å²) in [5.41, 5.74) is 2.10. The summed E-state index contributed by atoms with van der Waals surface area (Å²) >= 11 is 5.83. The van der Waals surface area contributed by atoms with Crippen molar-refractivity contribution in [3.05, 3.63) is 46.1 Å². The number of nitrogens with one attached hydrogen (secondary N) is 1. The average Bonchev–Trinajstić information content (AvgIpc) is 2.67. The van der Waals surface area contributed by atoms with E-state index in [4.69, 9.17) is 21.3 Å². The largest absolute Gasteiger partial charge is 0.444 e. The molecule has 0 aliphatic heterocycles. The topological polar surface area (TPSA) is 61.9 Å². The van der Waals surface area contributed by atoms with Crippen LogP contribution in [0.2, 0.25) is 5.02 Å². The second-order valence-corrected chi connectivity index (χ2v) is 4.34. The Morgan fingerprint density at radius 2 is 2.22 bits per heavy atom. The van der Waals surface area contributed by atoms with Gasteiger partial charge in [-0.2, -0.15) is 5.26 Å². The van der Waals surface area contributed by atoms with Crippen LogP contribution >= 0.6 is 11.6 Å². The third kappa shape index (κ3) is 2.63. The highest BCUT2D eigenvalue weighted by Gasteiger charge is 2.07. The van der Waals surface area contributed by atoms with Crippen LogP contribution < -0.4 is 5.32 Å². The molecule has 1 heterocycles. The van der Waals surface area contributed by atoms with Gasteiger partial charge < -0.3 is 9.73 Å². The molecule has 2 aromatic rings. The first-order valence-electron chi connectivity index (χ1n) is 5.46. The summed E-state index contributed by atoms with van der Waals surface area (Å²) in [5.74, 6) is 1.41. The number of hydrogen-bond acceptors (Lipinski definition) is 4. The van der Waals surface area contributed by atoms with Crippen molar-refractivity contribution < 1.29 is 4.42 Å². The van der Waals surface area contributed by atoms with Crippen molar-refractivity contribution in [1.82, 2.24) is 4.98 Å². The molecule has 1 aromatic heterocycles. The lowest BCUT2D eigenvalue weighted by atomic mass is 10.2. The van der Waals surface area contributed by atoms with E-state index in [0.717, 1.165) is 17.1 Å². The molecular weight excluding hydrogens is 250 g/mol. The molecule has 92 valence electrons. The summed E-state index contributed by atoms with van der Waals surface area (Å²) in [7, 11) is 0. The fourth-order valence-electron chi connectivity index (χ4n) is 1.55. The van der Waals surface area contributed by atoms with E-state index in [9.17, 15) is 0 Å². The van der Waals surface area contributed by atoms with Crippen molar-refractivity contribution in [3.8, 4) is 6.07 Å². The van der Waals surface area contributed by atoms with Crippen LogP contribution in [0, 0.1) is 25.2 Å². The first-order valence-corrected chi connectivity index (χ1v) is 5.84. The second kappa shape index (κ2) is 5.11. The van der Waals surface area contributed by atoms with Crippen molar-refractivity contribution in [2.45, 2.75) is 20.4 Å². The van der Waals surface area contributed by atoms with E-state index in [1.807, 2.05) is 13.8 Å². The Bertz CT molecular complexity index is 594. The molecule has 0 amide bonds. The van der Waals surface area contributed by atoms with Gasteiger partial charge in [0.15, 0.2) is 0 Å². The lowest BCUT2D eigenvalue weighted by Crippen LogP contribution is -2.01. The molecule has 0 spiro atoms. The van der Waals surface area contributed by atoms with Gasteiger partial charge in [-0.15, -0.1) is 0 Å². The number of aryl methyl sites for hydroxylation is 2. The molecule has 0 atom stereocenters. The van der Waals surface area contributed by atoms with Gasteiger partial charge in [0, 0.05) is 5.02 Å². The number of anilines is 1. The van der Waals surface area contributed by atoms with Gasteiger partial charge >= 0.3 is 0 Å². The van der Waals surface area contributed by atoms with Gasteiger partial charge in [0.2, 0.25) is 5.89 Å². The summed E-state index contributed by atoms with van der Waals surface area (Å²) in [5, 5.41) is 12.7. The highest BCUT2D eigenvalue weighted by atomic mass is 35.5. The van der Waals surface area contributed by atoms with Gasteiger partial charge in [-0.3, -0.25) is 0 Å². The van der Waals surface area contributed by atoms with Crippen molar-refractivity contribution in [1.29, 1.82) is 5.26 Å². The molecule has 0 fully saturated rings. The standard InChI is InChI=1S/C13H12ClN3O/c1-8-9(2)18-13(17-8)7-16-12-4-3-11(14)5-10(12)6-15/h3-5,16H,7H2,1-2H3. The van der Waals surface area contributed by atoms with Gasteiger partial charge in [-0.1, -0.05) is 11.6 Å². The third-order valence-electron chi connectivity index (χ3n) is 2.60. The molecule has 4 nitrogen and oxygen atoms in total. The van der Waals surface area contributed by atoms with Crippen molar-refractivity contribution >= 4 is 17.3 Å². The fraction of sp³-hybridized carbons (Fsp3) is 0.231. The molecule has 18 heavy (non-hydrogen) atoms. The Labute approximate surface area is 110 Å². The molecule has 1 aromatic carbocycles. The highest BCUT2D eigenvalue weighted by molar-refractivity contribution is 6.30. The summed E-state index contributed by atoms with van der Waals surface area (Å²) in [6.45, 7) is 4.20. The summed E-state index contributed by atoms with van der Waals surface area (Å²) < 4.78 is 5.45. The lowest BCUT2D eigenvalue weighted by molar-refractivity contribution is 0.478. The number of aromatic nitrogens is 1. The predicted molar refractivity (Wildman–Crippen MR) is 69.5 cm³/mol. The number of hydrogen-bond donors (Lipinski definition) is 1. The summed E-state index contributed by atoms with van der Waals surface area (Å²) in [6.07, 6.45) is 0. The quantitative estimate of drug-likeness (QED) is 0.919. The molecule has 0 unspecified atom stereocenters. The van der Waals surface area contributed by atoms with E-state index in [1.54, 1.807) is 18.2 Å². The van der Waals surface area contributed by atoms with Crippen LogP contribution in [0.4, 0.5) is 5.69 Å². The number of nitrogens with zero attached hydrogens (tertiary/aromatic N) is 2. The molecule has 2 rings (SSSR count). The van der Waals surface area contributed by atoms with Crippen LogP contribution in [0.3, 0.4) is 0 Å². The molecule has 0 saturated carbocycles. The maximum absolute atomic E-state index is 9.00. The Morgan fingerprint density at radius 3 is 2.83 bits per heavy atom. The van der Waals surface area contributed by atoms with Crippen LogP contribution in [0.15, 0.2) is 22.6 Å². The number of oxazole rings is 1. The van der Waals surface area contributed by atoms with E-state index in [-0.39, 0.29) is 0 Å². The van der Waals surface area contributed by atoms with Crippen LogP contribution in [-0.2, 0) is 6.54 Å². The molecule has 0 bridgehead atoms. The zero-order valence-corrected chi connectivity index (χ0v) is 10.9. The predicted octanol–water partition coefficient (Wildman–Crippen LogP) is 3.43. The Kier molecular flexibility index (Phi) is 3.54. The Hall–Kier alpha value is -1.99. The van der Waals surface area contributed by atoms with Gasteiger partial charge in [0.25, 0.3) is 0 Å². The minimum Gasteiger partial charge on any atom is -0.444 e. The summed E-state index contributed by atoms with van der Waals surface area (Å²) in [4.78, 5) is 4.26. The van der Waals surface area contributed by atoms with E-state index in [2.05, 4.69) is 16.4 Å². The number of nitriles is 1. The van der Waals surface area contributed by atoms with E-state index in [1.165, 1.54) is 0 Å². The van der Waals surface area contributed by atoms with Crippen LogP contribution in [0.5, 0.6) is 0 Å². The number of rotatable bonds is 3. The second-order valence-electron chi connectivity index (χ2n) is 3.90. The van der Waals surface area contributed by atoms with E-state index in [0.29, 0.717) is 23.0 Å². The van der Waals surface area contributed by atoms with Gasteiger partial charge in [-0.05, 0) is 32.0 Å². The van der Waals surface area contributed by atoms with Gasteiger partial charge in [-0.25, -0.2) is 4.98 Å². The van der Waals surface area contributed by atoms with Gasteiger partial charge in [0.1, 0.15) is 11.8 Å². The van der Waals surface area contributed by atoms with Crippen LogP contribution in [-0.4, -0.2) is 4.98 Å². The average molecular weight is 262 g/mol. The SMILES string of the molecule is Cc1nc(CNc2ccc(Cl)cc2C#N)oc1C. The van der Waals surface area contributed by atoms with Crippen molar-refractivity contribution in [2.75, 3.05) is 5.32 Å². The molecule has 0 aliphatic carbocycles. The van der Waals surface area contributed by atoms with Crippen LogP contribution in [0.1, 0.15) is 22.9 Å². The zero-order chi connectivity index (χ0) is 13.1. The number of benzene rings is 1. The van der Waals surface area contributed by atoms with E-state index >= 15 is 0 Å². The first kappa shape index (κ1) is 12.5. The fourth-order valence-corrected chi connectivity index (χ4v) is 1.72. The molecular formula is C13H12ClN3O. The normalized spacial score (nSPS) is 10.1. The van der Waals surface area contributed by atoms with Crippen molar-refractivity contribution in [3.63, 3.8) is 0 Å². The maximum atomic E-state index is 9.00. The highest BCUT2D eigenvalue weighted by Crippen LogP contribution is 2.20. The van der Waals surface area contributed by atoms with Crippen molar-refractivity contribution in [2.24, 2.45) is 0 Å². The minimum atomic E-state index is 0.436. The smallest absolute Gasteiger partial charge is 0.213 e. The molecule has 1 N–H and O–H groups in total. The van der Waals surface area contributed by atoms with Gasteiger partial charge in [0.05, 0.1) is 23.5 Å². The maximum Gasteiger partial charge on any atom is 0.213 e. The van der Waals surface area contributed by atoms with Crippen LogP contribution in [0.25, 0.3) is 0 Å². The summed E-state index contributed by atoms with van der Waals surface area (Å²) in [6, 6.07) is 7.21. The minimum absolute atomic E-state index is 0.436. The third-order valence-corrected chi connectivity index (χ3v) is 2.84. The Balaban J connectivity index is 2.13. The molecule has 5 heteroatoms. The molecule has 0 saturated heterocycles. The number of halogens is 1. The molecule has 0 aliphatic rings. The van der Waals surface area contributed by atoms with E-state index < -0.39 is 0 Å². The first-order chi connectivity index (χ1) is 8.60. The molecule has 0 radical (unpaired) electrons.